The maximum Gasteiger partial charge on any atom is 0.186 e. The number of hydrogen-bond donors (Lipinski definition) is 2. The lowest BCUT2D eigenvalue weighted by atomic mass is 10.3. The fourth-order valence-electron chi connectivity index (χ4n) is 0.893. The normalized spacial score (nSPS) is 10.2. The maximum absolute atomic E-state index is 4.99. The van der Waals surface area contributed by atoms with Crippen molar-refractivity contribution in [1.82, 2.24) is 15.7 Å². The molecule has 0 aliphatic heterocycles. The summed E-state index contributed by atoms with van der Waals surface area (Å²) in [6, 6.07) is 3.74. The molecule has 0 atom stereocenters. The van der Waals surface area contributed by atoms with E-state index >= 15 is 0 Å². The summed E-state index contributed by atoms with van der Waals surface area (Å²) in [6.45, 7) is 2.94. The Hall–Kier alpha value is -1.49. The molecule has 1 aromatic heterocycles. The highest BCUT2D eigenvalue weighted by Gasteiger charge is 1.89. The van der Waals surface area contributed by atoms with E-state index in [0.29, 0.717) is 5.11 Å². The molecule has 0 aromatic carbocycles. The lowest BCUT2D eigenvalue weighted by molar-refractivity contribution is 0.817. The highest BCUT2D eigenvalue weighted by molar-refractivity contribution is 7.80. The molecule has 0 spiro atoms. The van der Waals surface area contributed by atoms with Crippen LogP contribution in [0.15, 0.2) is 29.6 Å². The van der Waals surface area contributed by atoms with Crippen LogP contribution in [0.3, 0.4) is 0 Å². The zero-order valence-electron chi connectivity index (χ0n) is 8.60. The number of hydrazone groups is 1. The van der Waals surface area contributed by atoms with Gasteiger partial charge in [-0.2, -0.15) is 5.10 Å². The van der Waals surface area contributed by atoms with Crippen LogP contribution in [0, 0.1) is 0 Å². The number of hydrogen-bond acceptors (Lipinski definition) is 3. The number of aromatic nitrogens is 1. The van der Waals surface area contributed by atoms with E-state index in [9.17, 15) is 0 Å². The molecule has 0 saturated heterocycles. The number of pyridine rings is 1. The van der Waals surface area contributed by atoms with E-state index in [1.807, 2.05) is 12.1 Å². The average Bonchev–Trinajstić information content (AvgIpc) is 2.28. The van der Waals surface area contributed by atoms with Gasteiger partial charge < -0.3 is 5.32 Å². The van der Waals surface area contributed by atoms with Gasteiger partial charge >= 0.3 is 0 Å². The number of thiocarbonyl (C=S) groups is 1. The van der Waals surface area contributed by atoms with Gasteiger partial charge in [-0.25, -0.2) is 0 Å². The van der Waals surface area contributed by atoms with Crippen LogP contribution in [-0.4, -0.2) is 22.9 Å². The number of nitrogens with one attached hydrogen (secondary N) is 2. The van der Waals surface area contributed by atoms with Gasteiger partial charge in [0.05, 0.1) is 6.21 Å². The summed E-state index contributed by atoms with van der Waals surface area (Å²) in [7, 11) is 0. The minimum Gasteiger partial charge on any atom is -0.361 e. The highest BCUT2D eigenvalue weighted by Crippen LogP contribution is 1.89. The molecule has 15 heavy (non-hydrogen) atoms. The van der Waals surface area contributed by atoms with E-state index in [1.54, 1.807) is 18.6 Å². The van der Waals surface area contributed by atoms with Gasteiger partial charge in [0, 0.05) is 18.9 Å². The molecule has 1 rings (SSSR count). The Morgan fingerprint density at radius 3 is 2.93 bits per heavy atom. The number of nitrogens with zero attached hydrogens (tertiary/aromatic N) is 2. The maximum atomic E-state index is 4.99. The third-order valence-corrected chi connectivity index (χ3v) is 1.86. The molecular weight excluding hydrogens is 208 g/mol. The monoisotopic (exact) mass is 222 g/mol. The molecule has 0 saturated carbocycles. The summed E-state index contributed by atoms with van der Waals surface area (Å²) in [5, 5.41) is 7.54. The fraction of sp³-hybridized carbons (Fsp3) is 0.300. The predicted octanol–water partition coefficient (Wildman–Crippen LogP) is 1.29. The fourth-order valence-corrected chi connectivity index (χ4v) is 1.05. The molecule has 80 valence electrons. The van der Waals surface area contributed by atoms with Crippen molar-refractivity contribution in [2.24, 2.45) is 5.10 Å². The molecule has 0 aliphatic carbocycles. The molecule has 0 amide bonds. The van der Waals surface area contributed by atoms with Crippen LogP contribution in [0.25, 0.3) is 0 Å². The van der Waals surface area contributed by atoms with E-state index < -0.39 is 0 Å². The molecule has 0 bridgehead atoms. The van der Waals surface area contributed by atoms with Crippen molar-refractivity contribution in [2.45, 2.75) is 13.3 Å². The molecule has 0 fully saturated rings. The quantitative estimate of drug-likeness (QED) is 0.458. The van der Waals surface area contributed by atoms with Crippen LogP contribution in [0.2, 0.25) is 0 Å². The van der Waals surface area contributed by atoms with Crippen LogP contribution in [0.4, 0.5) is 0 Å². The van der Waals surface area contributed by atoms with Crippen LogP contribution in [-0.2, 0) is 0 Å². The van der Waals surface area contributed by atoms with Crippen LogP contribution in [0.5, 0.6) is 0 Å². The average molecular weight is 222 g/mol. The second-order valence-corrected chi connectivity index (χ2v) is 3.31. The van der Waals surface area contributed by atoms with Gasteiger partial charge in [-0.3, -0.25) is 10.4 Å². The molecular formula is C10H14N4S. The molecule has 2 N–H and O–H groups in total. The van der Waals surface area contributed by atoms with Gasteiger partial charge in [0.1, 0.15) is 0 Å². The summed E-state index contributed by atoms with van der Waals surface area (Å²) in [5.41, 5.74) is 3.72. The molecule has 0 aliphatic rings. The first kappa shape index (κ1) is 11.6. The Kier molecular flexibility index (Phi) is 5.32. The molecule has 5 heteroatoms. The Bertz CT molecular complexity index is 323. The molecule has 4 nitrogen and oxygen atoms in total. The Morgan fingerprint density at radius 2 is 2.27 bits per heavy atom. The molecule has 0 unspecified atom stereocenters. The Balaban J connectivity index is 2.31. The van der Waals surface area contributed by atoms with Gasteiger partial charge in [0.2, 0.25) is 0 Å². The van der Waals surface area contributed by atoms with E-state index in [-0.39, 0.29) is 0 Å². The third kappa shape index (κ3) is 5.07. The summed E-state index contributed by atoms with van der Waals surface area (Å²) < 4.78 is 0. The first-order valence-corrected chi connectivity index (χ1v) is 5.20. The van der Waals surface area contributed by atoms with E-state index in [1.165, 1.54) is 0 Å². The van der Waals surface area contributed by atoms with E-state index in [0.717, 1.165) is 18.5 Å². The Morgan fingerprint density at radius 1 is 1.53 bits per heavy atom. The van der Waals surface area contributed by atoms with Gasteiger partial charge in [-0.1, -0.05) is 6.92 Å². The van der Waals surface area contributed by atoms with Crippen molar-refractivity contribution in [1.29, 1.82) is 0 Å². The lowest BCUT2D eigenvalue weighted by Crippen LogP contribution is -2.32. The summed E-state index contributed by atoms with van der Waals surface area (Å²) in [6.07, 6.45) is 6.17. The van der Waals surface area contributed by atoms with Gasteiger partial charge in [0.15, 0.2) is 5.11 Å². The molecule has 0 radical (unpaired) electrons. The second kappa shape index (κ2) is 6.89. The first-order valence-electron chi connectivity index (χ1n) is 4.80. The summed E-state index contributed by atoms with van der Waals surface area (Å²) in [5.74, 6) is 0. The van der Waals surface area contributed by atoms with Gasteiger partial charge in [-0.05, 0) is 36.3 Å². The molecule has 1 heterocycles. The third-order valence-electron chi connectivity index (χ3n) is 1.62. The predicted molar refractivity (Wildman–Crippen MR) is 65.9 cm³/mol. The smallest absolute Gasteiger partial charge is 0.186 e. The number of rotatable bonds is 4. The first-order chi connectivity index (χ1) is 7.33. The SMILES string of the molecule is CCCNC(=S)N/N=C/c1ccncc1. The highest BCUT2D eigenvalue weighted by atomic mass is 32.1. The standard InChI is InChI=1S/C10H14N4S/c1-2-5-12-10(15)14-13-8-9-3-6-11-7-4-9/h3-4,6-8H,2,5H2,1H3,(H2,12,14,15)/b13-8+. The minimum absolute atomic E-state index is 0.544. The largest absolute Gasteiger partial charge is 0.361 e. The van der Waals surface area contributed by atoms with Crippen LogP contribution >= 0.6 is 12.2 Å². The zero-order chi connectivity index (χ0) is 10.9. The molecule has 1 aromatic rings. The minimum atomic E-state index is 0.544. The summed E-state index contributed by atoms with van der Waals surface area (Å²) >= 11 is 4.99. The van der Waals surface area contributed by atoms with Crippen LogP contribution in [0.1, 0.15) is 18.9 Å². The van der Waals surface area contributed by atoms with Crippen molar-refractivity contribution >= 4 is 23.5 Å². The lowest BCUT2D eigenvalue weighted by Gasteiger charge is -2.03. The van der Waals surface area contributed by atoms with E-state index in [2.05, 4.69) is 27.8 Å². The van der Waals surface area contributed by atoms with Crippen LogP contribution < -0.4 is 10.7 Å². The van der Waals surface area contributed by atoms with E-state index in [4.69, 9.17) is 12.2 Å². The van der Waals surface area contributed by atoms with Crippen molar-refractivity contribution < 1.29 is 0 Å². The Labute approximate surface area is 94.8 Å². The van der Waals surface area contributed by atoms with Gasteiger partial charge in [-0.15, -0.1) is 0 Å². The van der Waals surface area contributed by atoms with Crippen molar-refractivity contribution in [3.63, 3.8) is 0 Å². The topological polar surface area (TPSA) is 49.3 Å². The van der Waals surface area contributed by atoms with Crippen molar-refractivity contribution in [3.8, 4) is 0 Å². The second-order valence-electron chi connectivity index (χ2n) is 2.91. The van der Waals surface area contributed by atoms with Crippen molar-refractivity contribution in [3.05, 3.63) is 30.1 Å². The summed E-state index contributed by atoms with van der Waals surface area (Å²) in [4.78, 5) is 3.91. The van der Waals surface area contributed by atoms with Gasteiger partial charge in [0.25, 0.3) is 0 Å². The van der Waals surface area contributed by atoms with Crippen molar-refractivity contribution in [2.75, 3.05) is 6.54 Å². The zero-order valence-corrected chi connectivity index (χ0v) is 9.42.